The fraction of sp³-hybridized carbons (Fsp3) is 0.111. The Bertz CT molecular complexity index is 959. The van der Waals surface area contributed by atoms with Crippen LogP contribution in [-0.2, 0) is 4.79 Å². The number of carbonyl (C=O) groups is 1. The molecular weight excluding hydrogens is 364 g/mol. The molecule has 0 aliphatic heterocycles. The molecule has 0 radical (unpaired) electrons. The van der Waals surface area contributed by atoms with Crippen molar-refractivity contribution in [2.75, 3.05) is 11.9 Å². The van der Waals surface area contributed by atoms with Crippen LogP contribution in [0.15, 0.2) is 42.5 Å². The van der Waals surface area contributed by atoms with Gasteiger partial charge in [0, 0.05) is 22.3 Å². The van der Waals surface area contributed by atoms with Gasteiger partial charge in [0.05, 0.1) is 0 Å². The molecule has 0 spiro atoms. The number of aromatic nitrogens is 2. The first-order chi connectivity index (χ1) is 12.4. The van der Waals surface area contributed by atoms with Crippen LogP contribution in [0.2, 0.25) is 5.02 Å². The zero-order valence-electron chi connectivity index (χ0n) is 13.6. The second kappa shape index (κ2) is 7.53. The maximum absolute atomic E-state index is 13.5. The third-order valence-electron chi connectivity index (χ3n) is 3.57. The monoisotopic (exact) mass is 377 g/mol. The van der Waals surface area contributed by atoms with Crippen molar-refractivity contribution in [3.8, 4) is 16.9 Å². The third-order valence-corrected chi connectivity index (χ3v) is 3.81. The molecule has 0 bridgehead atoms. The van der Waals surface area contributed by atoms with Crippen molar-refractivity contribution in [2.24, 2.45) is 0 Å². The Morgan fingerprint density at radius 2 is 2.08 bits per heavy atom. The zero-order valence-corrected chi connectivity index (χ0v) is 14.4. The lowest BCUT2D eigenvalue weighted by Gasteiger charge is -2.09. The van der Waals surface area contributed by atoms with E-state index in [1.807, 2.05) is 13.0 Å². The summed E-state index contributed by atoms with van der Waals surface area (Å²) in [6.07, 6.45) is 0. The highest BCUT2D eigenvalue weighted by Gasteiger charge is 2.16. The molecule has 0 saturated heterocycles. The van der Waals surface area contributed by atoms with Crippen LogP contribution in [0, 0.1) is 18.6 Å². The van der Waals surface area contributed by atoms with Gasteiger partial charge in [0.2, 0.25) is 0 Å². The Kier molecular flexibility index (Phi) is 5.18. The van der Waals surface area contributed by atoms with Crippen molar-refractivity contribution in [1.82, 2.24) is 10.2 Å². The average Bonchev–Trinajstić information content (AvgIpc) is 2.94. The van der Waals surface area contributed by atoms with Gasteiger partial charge in [0.1, 0.15) is 5.82 Å². The second-order valence-electron chi connectivity index (χ2n) is 5.49. The van der Waals surface area contributed by atoms with Gasteiger partial charge in [0.15, 0.2) is 24.0 Å². The number of anilines is 1. The number of hydrogen-bond donors (Lipinski definition) is 2. The van der Waals surface area contributed by atoms with Crippen LogP contribution in [0.1, 0.15) is 5.69 Å². The number of H-pyrrole nitrogens is 1. The summed E-state index contributed by atoms with van der Waals surface area (Å²) in [6, 6.07) is 9.96. The number of aryl methyl sites for hydroxylation is 1. The normalized spacial score (nSPS) is 10.6. The molecule has 0 atom stereocenters. The Morgan fingerprint density at radius 3 is 2.81 bits per heavy atom. The number of carbonyl (C=O) groups excluding carboxylic acids is 1. The van der Waals surface area contributed by atoms with E-state index in [1.54, 1.807) is 18.2 Å². The number of rotatable bonds is 5. The molecule has 0 unspecified atom stereocenters. The van der Waals surface area contributed by atoms with Gasteiger partial charge in [-0.25, -0.2) is 8.78 Å². The lowest BCUT2D eigenvalue weighted by atomic mass is 10.1. The van der Waals surface area contributed by atoms with E-state index in [9.17, 15) is 13.6 Å². The summed E-state index contributed by atoms with van der Waals surface area (Å²) in [6.45, 7) is 1.35. The SMILES string of the molecule is Cc1[nH]nc(NC(=O)COc2ccc(F)cc2F)c1-c1cccc(Cl)c1. The maximum Gasteiger partial charge on any atom is 0.263 e. The quantitative estimate of drug-likeness (QED) is 0.695. The Hall–Kier alpha value is -2.93. The number of hydrogen-bond acceptors (Lipinski definition) is 3. The summed E-state index contributed by atoms with van der Waals surface area (Å²) in [5.41, 5.74) is 2.21. The van der Waals surface area contributed by atoms with Gasteiger partial charge < -0.3 is 10.1 Å². The van der Waals surface area contributed by atoms with Gasteiger partial charge in [-0.3, -0.25) is 9.89 Å². The van der Waals surface area contributed by atoms with E-state index in [-0.39, 0.29) is 5.75 Å². The van der Waals surface area contributed by atoms with E-state index in [0.717, 1.165) is 23.4 Å². The molecule has 3 rings (SSSR count). The van der Waals surface area contributed by atoms with Crippen LogP contribution < -0.4 is 10.1 Å². The van der Waals surface area contributed by atoms with Crippen molar-refractivity contribution >= 4 is 23.3 Å². The highest BCUT2D eigenvalue weighted by molar-refractivity contribution is 6.30. The minimum Gasteiger partial charge on any atom is -0.481 e. The first-order valence-corrected chi connectivity index (χ1v) is 8.00. The minimum atomic E-state index is -0.881. The maximum atomic E-state index is 13.5. The fourth-order valence-corrected chi connectivity index (χ4v) is 2.61. The molecule has 2 N–H and O–H groups in total. The highest BCUT2D eigenvalue weighted by atomic mass is 35.5. The molecule has 3 aromatic rings. The van der Waals surface area contributed by atoms with Crippen molar-refractivity contribution in [3.63, 3.8) is 0 Å². The van der Waals surface area contributed by atoms with Crippen LogP contribution in [0.25, 0.3) is 11.1 Å². The first kappa shape index (κ1) is 17.9. The van der Waals surface area contributed by atoms with E-state index in [1.165, 1.54) is 0 Å². The molecule has 0 saturated carbocycles. The van der Waals surface area contributed by atoms with Gasteiger partial charge in [0.25, 0.3) is 5.91 Å². The van der Waals surface area contributed by atoms with Crippen LogP contribution in [0.5, 0.6) is 5.75 Å². The first-order valence-electron chi connectivity index (χ1n) is 7.62. The molecule has 0 aliphatic rings. The molecule has 2 aromatic carbocycles. The average molecular weight is 378 g/mol. The molecule has 0 fully saturated rings. The van der Waals surface area contributed by atoms with E-state index >= 15 is 0 Å². The number of amides is 1. The fourth-order valence-electron chi connectivity index (χ4n) is 2.42. The summed E-state index contributed by atoms with van der Waals surface area (Å²) in [5, 5.41) is 10.0. The Morgan fingerprint density at radius 1 is 1.27 bits per heavy atom. The van der Waals surface area contributed by atoms with Gasteiger partial charge >= 0.3 is 0 Å². The van der Waals surface area contributed by atoms with E-state index in [0.29, 0.717) is 22.5 Å². The zero-order chi connectivity index (χ0) is 18.7. The number of nitrogens with one attached hydrogen (secondary N) is 2. The van der Waals surface area contributed by atoms with Crippen molar-refractivity contribution < 1.29 is 18.3 Å². The standard InChI is InChI=1S/C18H14ClF2N3O2/c1-10-17(11-3-2-4-12(19)7-11)18(24-23-10)22-16(25)9-26-15-6-5-13(20)8-14(15)21/h2-8H,9H2,1H3,(H2,22,23,24,25). The van der Waals surface area contributed by atoms with Crippen LogP contribution in [0.3, 0.4) is 0 Å². The van der Waals surface area contributed by atoms with E-state index in [2.05, 4.69) is 15.5 Å². The molecule has 1 amide bonds. The number of ether oxygens (including phenoxy) is 1. The van der Waals surface area contributed by atoms with Gasteiger partial charge in [-0.15, -0.1) is 0 Å². The summed E-state index contributed by atoms with van der Waals surface area (Å²) < 4.78 is 31.5. The van der Waals surface area contributed by atoms with Crippen molar-refractivity contribution in [2.45, 2.75) is 6.92 Å². The molecule has 26 heavy (non-hydrogen) atoms. The van der Waals surface area contributed by atoms with Crippen LogP contribution in [-0.4, -0.2) is 22.7 Å². The summed E-state index contributed by atoms with van der Waals surface area (Å²) >= 11 is 6.02. The van der Waals surface area contributed by atoms with Gasteiger partial charge in [-0.2, -0.15) is 5.10 Å². The number of nitrogens with zero attached hydrogens (tertiary/aromatic N) is 1. The lowest BCUT2D eigenvalue weighted by Crippen LogP contribution is -2.21. The van der Waals surface area contributed by atoms with Crippen molar-refractivity contribution in [1.29, 1.82) is 0 Å². The number of aromatic amines is 1. The number of halogens is 3. The summed E-state index contributed by atoms with van der Waals surface area (Å²) in [4.78, 5) is 12.1. The molecule has 5 nitrogen and oxygen atoms in total. The van der Waals surface area contributed by atoms with E-state index < -0.39 is 24.1 Å². The highest BCUT2D eigenvalue weighted by Crippen LogP contribution is 2.31. The summed E-state index contributed by atoms with van der Waals surface area (Å²) in [7, 11) is 0. The predicted molar refractivity (Wildman–Crippen MR) is 94.3 cm³/mol. The van der Waals surface area contributed by atoms with Gasteiger partial charge in [-0.05, 0) is 36.8 Å². The van der Waals surface area contributed by atoms with Crippen LogP contribution in [0.4, 0.5) is 14.6 Å². The molecule has 8 heteroatoms. The third kappa shape index (κ3) is 4.00. The van der Waals surface area contributed by atoms with Crippen LogP contribution >= 0.6 is 11.6 Å². The Labute approximate surface area is 152 Å². The van der Waals surface area contributed by atoms with Crippen molar-refractivity contribution in [3.05, 3.63) is 64.8 Å². The molecule has 0 aliphatic carbocycles. The molecule has 134 valence electrons. The Balaban J connectivity index is 1.72. The van der Waals surface area contributed by atoms with Gasteiger partial charge in [-0.1, -0.05) is 23.7 Å². The topological polar surface area (TPSA) is 67.0 Å². The second-order valence-corrected chi connectivity index (χ2v) is 5.93. The van der Waals surface area contributed by atoms with E-state index in [4.69, 9.17) is 16.3 Å². The molecule has 1 heterocycles. The largest absolute Gasteiger partial charge is 0.481 e. The molecule has 1 aromatic heterocycles. The number of benzene rings is 2. The summed E-state index contributed by atoms with van der Waals surface area (Å²) in [5.74, 6) is -2.05. The smallest absolute Gasteiger partial charge is 0.263 e. The minimum absolute atomic E-state index is 0.213. The molecular formula is C18H14ClF2N3O2. The lowest BCUT2D eigenvalue weighted by molar-refractivity contribution is -0.118. The predicted octanol–water partition coefficient (Wildman–Crippen LogP) is 4.33.